The summed E-state index contributed by atoms with van der Waals surface area (Å²) >= 11 is 0. The first-order valence-electron chi connectivity index (χ1n) is 11.3. The Morgan fingerprint density at radius 3 is 2.17 bits per heavy atom. The lowest BCUT2D eigenvalue weighted by molar-refractivity contribution is -0.137. The number of alkyl halides is 3. The van der Waals surface area contributed by atoms with Crippen molar-refractivity contribution >= 4 is 15.8 Å². The van der Waals surface area contributed by atoms with Crippen molar-refractivity contribution in [2.24, 2.45) is 0 Å². The average Bonchev–Trinajstić information content (AvgIpc) is 2.77. The molecule has 0 aliphatic heterocycles. The Hall–Kier alpha value is -2.88. The molecule has 200 valence electrons. The zero-order chi connectivity index (χ0) is 27.7. The summed E-state index contributed by atoms with van der Waals surface area (Å²) in [5, 5.41) is 7.42. The monoisotopic (exact) mass is 531 g/mol. The predicted molar refractivity (Wildman–Crippen MR) is 133 cm³/mol. The van der Waals surface area contributed by atoms with Crippen LogP contribution in [-0.4, -0.2) is 36.4 Å². The van der Waals surface area contributed by atoms with Crippen molar-refractivity contribution in [3.63, 3.8) is 0 Å². The molecule has 0 saturated carbocycles. The van der Waals surface area contributed by atoms with Gasteiger partial charge in [0.15, 0.2) is 9.84 Å². The average molecular weight is 532 g/mol. The molecule has 5 nitrogen and oxygen atoms in total. The third-order valence-electron chi connectivity index (χ3n) is 5.50. The van der Waals surface area contributed by atoms with Crippen LogP contribution in [0.4, 0.5) is 17.6 Å². The minimum atomic E-state index is -4.39. The van der Waals surface area contributed by atoms with Crippen LogP contribution in [0.3, 0.4) is 0 Å². The quantitative estimate of drug-likeness (QED) is 0.290. The van der Waals surface area contributed by atoms with Crippen LogP contribution < -0.4 is 0 Å². The van der Waals surface area contributed by atoms with Crippen LogP contribution >= 0.6 is 0 Å². The second kappa shape index (κ2) is 13.4. The molecule has 0 amide bonds. The third kappa shape index (κ3) is 10.4. The lowest BCUT2D eigenvalue weighted by Crippen LogP contribution is -2.24. The van der Waals surface area contributed by atoms with E-state index in [0.29, 0.717) is 11.1 Å². The molecule has 1 aromatic carbocycles. The lowest BCUT2D eigenvalue weighted by Gasteiger charge is -2.35. The fourth-order valence-electron chi connectivity index (χ4n) is 3.80. The van der Waals surface area contributed by atoms with Gasteiger partial charge >= 0.3 is 6.18 Å². The maximum absolute atomic E-state index is 14.3. The van der Waals surface area contributed by atoms with Gasteiger partial charge in [0.25, 0.3) is 5.97 Å². The van der Waals surface area contributed by atoms with E-state index in [1.54, 1.807) is 13.1 Å². The standard InChI is InChI=1S/C24H29F4NO2S.C2H4O2/c1-5-29(18(3)19-10-12-20(13-11-19)24(26,27)28)23-9-7-6-8-22(23)17(2)16-21(25)14-15-32(4,30)31;1-2(3)4/h5,10-14,16,18H,1,6-9,15H2,2-4H3;1H3,(H,3,4)/b17-16+,21-14+;/t18-;/m0./s1. The van der Waals surface area contributed by atoms with E-state index < -0.39 is 33.4 Å². The highest BCUT2D eigenvalue weighted by Crippen LogP contribution is 2.37. The molecule has 0 unspecified atom stereocenters. The topological polar surface area (TPSA) is 74.7 Å². The Balaban J connectivity index is 0.00000150. The van der Waals surface area contributed by atoms with Crippen LogP contribution in [0.5, 0.6) is 0 Å². The number of halogens is 4. The van der Waals surface area contributed by atoms with Crippen LogP contribution in [-0.2, 0) is 20.8 Å². The van der Waals surface area contributed by atoms with Crippen LogP contribution in [0.15, 0.2) is 71.9 Å². The summed E-state index contributed by atoms with van der Waals surface area (Å²) in [6.07, 6.45) is 3.98. The van der Waals surface area contributed by atoms with Gasteiger partial charge in [0.1, 0.15) is 5.83 Å². The van der Waals surface area contributed by atoms with Crippen molar-refractivity contribution in [1.29, 1.82) is 0 Å². The van der Waals surface area contributed by atoms with Crippen molar-refractivity contribution < 1.29 is 35.9 Å². The number of benzene rings is 1. The van der Waals surface area contributed by atoms with E-state index in [-0.39, 0.29) is 11.8 Å². The summed E-state index contributed by atoms with van der Waals surface area (Å²) in [4.78, 5) is 10.9. The Labute approximate surface area is 210 Å². The summed E-state index contributed by atoms with van der Waals surface area (Å²) in [6.45, 7) is 8.63. The fraction of sp³-hybridized carbons (Fsp3) is 0.423. The van der Waals surface area contributed by atoms with E-state index in [1.807, 2.05) is 11.8 Å². The number of hydrogen-bond acceptors (Lipinski definition) is 4. The summed E-state index contributed by atoms with van der Waals surface area (Å²) in [6, 6.07) is 4.79. The molecule has 0 spiro atoms. The van der Waals surface area contributed by atoms with Gasteiger partial charge in [0.05, 0.1) is 17.4 Å². The Bertz CT molecular complexity index is 1110. The zero-order valence-corrected chi connectivity index (χ0v) is 21.7. The molecule has 0 saturated heterocycles. The second-order valence-corrected chi connectivity index (χ2v) is 10.7. The van der Waals surface area contributed by atoms with Crippen molar-refractivity contribution in [1.82, 2.24) is 4.90 Å². The predicted octanol–water partition coefficient (Wildman–Crippen LogP) is 6.98. The van der Waals surface area contributed by atoms with E-state index in [9.17, 15) is 26.0 Å². The molecule has 1 aliphatic rings. The Morgan fingerprint density at radius 1 is 1.17 bits per heavy atom. The van der Waals surface area contributed by atoms with Gasteiger partial charge in [-0.2, -0.15) is 13.2 Å². The maximum Gasteiger partial charge on any atom is 0.416 e. The molecule has 1 atom stereocenters. The normalized spacial score (nSPS) is 16.1. The number of carboxylic acid groups (broad SMARTS) is 1. The summed E-state index contributed by atoms with van der Waals surface area (Å²) in [5.41, 5.74) is 2.58. The molecular formula is C26H33F4NO4S. The van der Waals surface area contributed by atoms with E-state index in [4.69, 9.17) is 9.90 Å². The SMILES string of the molecule is C=CN(C1=C(/C(C)=C/C(F)=C\CS(C)(=O)=O)CCCC1)[C@@H](C)c1ccc(C(F)(F)F)cc1.CC(=O)O. The first-order valence-corrected chi connectivity index (χ1v) is 13.3. The van der Waals surface area contributed by atoms with E-state index in [0.717, 1.165) is 68.3 Å². The van der Waals surface area contributed by atoms with Gasteiger partial charge in [-0.15, -0.1) is 0 Å². The van der Waals surface area contributed by atoms with Crippen LogP contribution in [0.1, 0.15) is 63.6 Å². The van der Waals surface area contributed by atoms with Crippen molar-refractivity contribution in [3.05, 3.63) is 83.0 Å². The highest BCUT2D eigenvalue weighted by molar-refractivity contribution is 7.90. The van der Waals surface area contributed by atoms with Gasteiger partial charge in [0, 0.05) is 18.9 Å². The van der Waals surface area contributed by atoms with E-state index in [2.05, 4.69) is 6.58 Å². The molecule has 1 aliphatic carbocycles. The molecule has 1 aromatic rings. The highest BCUT2D eigenvalue weighted by Gasteiger charge is 2.30. The van der Waals surface area contributed by atoms with Crippen molar-refractivity contribution in [2.45, 2.75) is 58.7 Å². The summed E-state index contributed by atoms with van der Waals surface area (Å²) < 4.78 is 75.5. The largest absolute Gasteiger partial charge is 0.481 e. The summed E-state index contributed by atoms with van der Waals surface area (Å²) in [7, 11) is -3.31. The minimum absolute atomic E-state index is 0.267. The first kappa shape index (κ1) is 31.2. The lowest BCUT2D eigenvalue weighted by atomic mass is 9.89. The number of nitrogens with zero attached hydrogens (tertiary/aromatic N) is 1. The molecule has 0 bridgehead atoms. The first-order chi connectivity index (χ1) is 16.6. The smallest absolute Gasteiger partial charge is 0.416 e. The van der Waals surface area contributed by atoms with Gasteiger partial charge in [-0.3, -0.25) is 4.79 Å². The Morgan fingerprint density at radius 2 is 1.69 bits per heavy atom. The van der Waals surface area contributed by atoms with Crippen LogP contribution in [0, 0.1) is 0 Å². The maximum atomic E-state index is 14.3. The fourth-order valence-corrected chi connectivity index (χ4v) is 4.26. The van der Waals surface area contributed by atoms with Gasteiger partial charge in [-0.05, 0) is 86.7 Å². The number of rotatable bonds is 8. The van der Waals surface area contributed by atoms with Crippen LogP contribution in [0.25, 0.3) is 0 Å². The Kier molecular flexibility index (Phi) is 11.6. The molecule has 1 N–H and O–H groups in total. The van der Waals surface area contributed by atoms with Gasteiger partial charge in [0.2, 0.25) is 0 Å². The van der Waals surface area contributed by atoms with E-state index >= 15 is 0 Å². The molecular weight excluding hydrogens is 498 g/mol. The third-order valence-corrected chi connectivity index (χ3v) is 6.27. The summed E-state index contributed by atoms with van der Waals surface area (Å²) in [5.74, 6) is -1.83. The number of hydrogen-bond donors (Lipinski definition) is 1. The van der Waals surface area contributed by atoms with Gasteiger partial charge in [-0.1, -0.05) is 18.7 Å². The molecule has 0 aromatic heterocycles. The number of sulfone groups is 1. The van der Waals surface area contributed by atoms with E-state index in [1.165, 1.54) is 18.2 Å². The van der Waals surface area contributed by atoms with Crippen molar-refractivity contribution in [2.75, 3.05) is 12.0 Å². The second-order valence-electron chi connectivity index (χ2n) is 8.55. The number of allylic oxidation sites excluding steroid dienone is 5. The molecule has 10 heteroatoms. The number of carboxylic acids is 1. The molecule has 0 heterocycles. The van der Waals surface area contributed by atoms with Crippen LogP contribution in [0.2, 0.25) is 0 Å². The van der Waals surface area contributed by atoms with Gasteiger partial charge < -0.3 is 10.0 Å². The number of aliphatic carboxylic acids is 1. The van der Waals surface area contributed by atoms with Crippen molar-refractivity contribution in [3.8, 4) is 0 Å². The number of carbonyl (C=O) groups is 1. The minimum Gasteiger partial charge on any atom is -0.481 e. The molecule has 0 fully saturated rings. The molecule has 2 rings (SSSR count). The van der Waals surface area contributed by atoms with Gasteiger partial charge in [-0.25, -0.2) is 12.8 Å². The zero-order valence-electron chi connectivity index (χ0n) is 20.9. The molecule has 36 heavy (non-hydrogen) atoms. The highest BCUT2D eigenvalue weighted by atomic mass is 32.2. The molecule has 0 radical (unpaired) electrons.